The van der Waals surface area contributed by atoms with E-state index in [1.54, 1.807) is 24.7 Å². The Morgan fingerprint density at radius 2 is 1.70 bits per heavy atom. The van der Waals surface area contributed by atoms with Gasteiger partial charge in [-0.2, -0.15) is 0 Å². The van der Waals surface area contributed by atoms with Crippen LogP contribution >= 0.6 is 0 Å². The van der Waals surface area contributed by atoms with Crippen LogP contribution in [0.4, 0.5) is 5.69 Å². The highest BCUT2D eigenvalue weighted by Crippen LogP contribution is 2.11. The van der Waals surface area contributed by atoms with E-state index in [4.69, 9.17) is 10.2 Å². The van der Waals surface area contributed by atoms with Gasteiger partial charge in [-0.05, 0) is 18.2 Å². The maximum absolute atomic E-state index is 10.5. The Morgan fingerprint density at radius 1 is 1.13 bits per heavy atom. The van der Waals surface area contributed by atoms with Gasteiger partial charge in [0.2, 0.25) is 0 Å². The van der Waals surface area contributed by atoms with Crippen molar-refractivity contribution in [3.8, 4) is 0 Å². The van der Waals surface area contributed by atoms with E-state index in [9.17, 15) is 14.4 Å². The van der Waals surface area contributed by atoms with Crippen LogP contribution < -0.4 is 5.01 Å². The largest absolute Gasteiger partial charge is 0.478 e. The highest BCUT2D eigenvalue weighted by Gasteiger charge is 2.02. The van der Waals surface area contributed by atoms with E-state index in [1.807, 2.05) is 35.1 Å². The minimum absolute atomic E-state index is 0.558. The predicted octanol–water partition coefficient (Wildman–Crippen LogP) is 1.31. The number of aliphatic carboxylic acids is 2. The number of hydrogen-bond acceptors (Lipinski definition) is 5. The van der Waals surface area contributed by atoms with E-state index in [0.717, 1.165) is 12.0 Å². The number of carbonyl (C=O) groups is 3. The molecule has 0 saturated heterocycles. The molecular formula is C15H15N3O5. The van der Waals surface area contributed by atoms with Crippen LogP contribution in [-0.2, 0) is 9.59 Å². The number of hydrogen-bond donors (Lipinski definition) is 2. The molecule has 0 atom stereocenters. The highest BCUT2D eigenvalue weighted by molar-refractivity contribution is 5.89. The third kappa shape index (κ3) is 6.25. The van der Waals surface area contributed by atoms with Gasteiger partial charge in [0.25, 0.3) is 0 Å². The van der Waals surface area contributed by atoms with Crippen LogP contribution in [0.25, 0.3) is 0 Å². The van der Waals surface area contributed by atoms with Crippen LogP contribution in [0.15, 0.2) is 55.1 Å². The quantitative estimate of drug-likeness (QED) is 0.631. The molecule has 0 bridgehead atoms. The summed E-state index contributed by atoms with van der Waals surface area (Å²) < 4.78 is 1.85. The van der Waals surface area contributed by atoms with Crippen LogP contribution in [0.1, 0.15) is 10.4 Å². The SMILES string of the molecule is CN(c1ccncc1)n1ccc(C=O)c1.O=C(O)/C=C\C(=O)O. The summed E-state index contributed by atoms with van der Waals surface area (Å²) in [6.07, 6.45) is 9.02. The van der Waals surface area contributed by atoms with Gasteiger partial charge < -0.3 is 10.2 Å². The average molecular weight is 317 g/mol. The number of aldehydes is 1. The van der Waals surface area contributed by atoms with Gasteiger partial charge in [-0.15, -0.1) is 0 Å². The summed E-state index contributed by atoms with van der Waals surface area (Å²) in [6, 6.07) is 5.58. The third-order valence-corrected chi connectivity index (χ3v) is 2.59. The standard InChI is InChI=1S/C11H11N3O.C4H4O4/c1-13(11-2-5-12-6-3-11)14-7-4-10(8-14)9-15;5-3(6)1-2-4(7)8/h2-9H,1H3;1-2H,(H,5,6)(H,7,8)/b;2-1-. The Morgan fingerprint density at radius 3 is 2.13 bits per heavy atom. The lowest BCUT2D eigenvalue weighted by atomic mass is 10.4. The van der Waals surface area contributed by atoms with Crippen molar-refractivity contribution >= 4 is 23.9 Å². The molecule has 0 unspecified atom stereocenters. The third-order valence-electron chi connectivity index (χ3n) is 2.59. The molecule has 0 aliphatic carbocycles. The van der Waals surface area contributed by atoms with Crippen molar-refractivity contribution in [1.82, 2.24) is 9.66 Å². The van der Waals surface area contributed by atoms with E-state index in [0.29, 0.717) is 17.7 Å². The Kier molecular flexibility index (Phi) is 6.73. The number of nitrogens with zero attached hydrogens (tertiary/aromatic N) is 3. The topological polar surface area (TPSA) is 113 Å². The van der Waals surface area contributed by atoms with Crippen LogP contribution in [0.3, 0.4) is 0 Å². The first-order valence-corrected chi connectivity index (χ1v) is 6.35. The van der Waals surface area contributed by atoms with Crippen LogP contribution in [-0.4, -0.2) is 45.1 Å². The van der Waals surface area contributed by atoms with Gasteiger partial charge in [-0.1, -0.05) is 0 Å². The first-order valence-electron chi connectivity index (χ1n) is 6.35. The molecule has 2 rings (SSSR count). The molecule has 0 aliphatic heterocycles. The summed E-state index contributed by atoms with van der Waals surface area (Å²) in [5.41, 5.74) is 1.67. The maximum atomic E-state index is 10.5. The van der Waals surface area contributed by atoms with Crippen LogP contribution in [0.5, 0.6) is 0 Å². The van der Waals surface area contributed by atoms with Gasteiger partial charge in [0.05, 0.1) is 5.69 Å². The minimum Gasteiger partial charge on any atom is -0.478 e. The number of carboxylic acid groups (broad SMARTS) is 2. The Bertz CT molecular complexity index is 678. The second kappa shape index (κ2) is 8.78. The number of aromatic nitrogens is 2. The first-order chi connectivity index (χ1) is 10.9. The molecule has 0 aliphatic rings. The van der Waals surface area contributed by atoms with Crippen molar-refractivity contribution in [3.05, 3.63) is 60.7 Å². The van der Waals surface area contributed by atoms with Crippen molar-refractivity contribution in [2.24, 2.45) is 0 Å². The highest BCUT2D eigenvalue weighted by atomic mass is 16.4. The average Bonchev–Trinajstić information content (AvgIpc) is 3.03. The predicted molar refractivity (Wildman–Crippen MR) is 82.3 cm³/mol. The second-order valence-electron chi connectivity index (χ2n) is 4.18. The second-order valence-corrected chi connectivity index (χ2v) is 4.18. The molecule has 0 spiro atoms. The molecule has 0 saturated carbocycles. The Hall–Kier alpha value is -3.42. The number of carbonyl (C=O) groups excluding carboxylic acids is 1. The molecule has 8 heteroatoms. The van der Waals surface area contributed by atoms with E-state index < -0.39 is 11.9 Å². The van der Waals surface area contributed by atoms with E-state index in [1.165, 1.54) is 0 Å². The monoisotopic (exact) mass is 317 g/mol. The molecule has 0 aromatic carbocycles. The molecule has 2 heterocycles. The zero-order valence-corrected chi connectivity index (χ0v) is 12.2. The van der Waals surface area contributed by atoms with Crippen molar-refractivity contribution < 1.29 is 24.6 Å². The van der Waals surface area contributed by atoms with Gasteiger partial charge in [0.15, 0.2) is 6.29 Å². The molecule has 0 radical (unpaired) electrons. The Balaban J connectivity index is 0.000000284. The van der Waals surface area contributed by atoms with Gasteiger partial charge in [-0.25, -0.2) is 9.59 Å². The number of anilines is 1. The summed E-state index contributed by atoms with van der Waals surface area (Å²) in [4.78, 5) is 33.6. The van der Waals surface area contributed by atoms with Crippen molar-refractivity contribution in [3.63, 3.8) is 0 Å². The van der Waals surface area contributed by atoms with Crippen LogP contribution in [0.2, 0.25) is 0 Å². The lowest BCUT2D eigenvalue weighted by molar-refractivity contribution is -0.134. The summed E-state index contributed by atoms with van der Waals surface area (Å²) in [6.45, 7) is 0. The van der Waals surface area contributed by atoms with E-state index in [-0.39, 0.29) is 0 Å². The van der Waals surface area contributed by atoms with E-state index >= 15 is 0 Å². The molecule has 2 aromatic rings. The summed E-state index contributed by atoms with van der Waals surface area (Å²) in [5.74, 6) is -2.51. The smallest absolute Gasteiger partial charge is 0.328 e. The van der Waals surface area contributed by atoms with E-state index in [2.05, 4.69) is 4.98 Å². The summed E-state index contributed by atoms with van der Waals surface area (Å²) in [5, 5.41) is 17.5. The number of pyridine rings is 1. The number of carboxylic acids is 2. The fourth-order valence-corrected chi connectivity index (χ4v) is 1.49. The summed E-state index contributed by atoms with van der Waals surface area (Å²) in [7, 11) is 1.92. The zero-order valence-electron chi connectivity index (χ0n) is 12.2. The molecule has 8 nitrogen and oxygen atoms in total. The molecule has 0 amide bonds. The molecule has 2 aromatic heterocycles. The van der Waals surface area contributed by atoms with Gasteiger partial charge in [0.1, 0.15) is 0 Å². The summed E-state index contributed by atoms with van der Waals surface area (Å²) >= 11 is 0. The minimum atomic E-state index is -1.26. The fraction of sp³-hybridized carbons (Fsp3) is 0.0667. The van der Waals surface area contributed by atoms with Crippen molar-refractivity contribution in [2.45, 2.75) is 0 Å². The van der Waals surface area contributed by atoms with Gasteiger partial charge in [-0.3, -0.25) is 19.5 Å². The fourth-order valence-electron chi connectivity index (χ4n) is 1.49. The van der Waals surface area contributed by atoms with Gasteiger partial charge in [0, 0.05) is 49.6 Å². The zero-order chi connectivity index (χ0) is 17.2. The first kappa shape index (κ1) is 17.6. The lowest BCUT2D eigenvalue weighted by Gasteiger charge is -2.20. The normalized spacial score (nSPS) is 9.78. The van der Waals surface area contributed by atoms with Crippen molar-refractivity contribution in [2.75, 3.05) is 12.1 Å². The lowest BCUT2D eigenvalue weighted by Crippen LogP contribution is -2.22. The van der Waals surface area contributed by atoms with Gasteiger partial charge >= 0.3 is 11.9 Å². The molecule has 2 N–H and O–H groups in total. The number of rotatable bonds is 5. The van der Waals surface area contributed by atoms with Crippen LogP contribution in [0, 0.1) is 0 Å². The molecular weight excluding hydrogens is 302 g/mol. The maximum Gasteiger partial charge on any atom is 0.328 e. The molecule has 120 valence electrons. The van der Waals surface area contributed by atoms with Crippen molar-refractivity contribution in [1.29, 1.82) is 0 Å². The molecule has 0 fully saturated rings. The Labute approximate surface area is 131 Å². The molecule has 23 heavy (non-hydrogen) atoms.